The highest BCUT2D eigenvalue weighted by molar-refractivity contribution is 4.96. The van der Waals surface area contributed by atoms with E-state index < -0.39 is 29.2 Å². The van der Waals surface area contributed by atoms with E-state index in [0.29, 0.717) is 0 Å². The molecular weight excluding hydrogens is 219 g/mol. The van der Waals surface area contributed by atoms with Gasteiger partial charge in [0.1, 0.15) is 6.10 Å². The molecule has 1 aromatic rings. The van der Waals surface area contributed by atoms with Crippen LogP contribution in [0.3, 0.4) is 0 Å². The van der Waals surface area contributed by atoms with Crippen molar-refractivity contribution in [1.82, 2.24) is 9.55 Å². The molecule has 2 N–H and O–H groups in total. The standard InChI is InChI=1S/C9H11FN2O4/c1-9(10)5(13)4-16-7(9)12-3-2-6(14)11-8(12)15/h2-3,5,7,13H,4H2,1H3,(H,11,14,15)/t5-,7-,9-/m1/s1. The number of nitrogens with one attached hydrogen (secondary N) is 1. The van der Waals surface area contributed by atoms with Crippen molar-refractivity contribution in [2.75, 3.05) is 6.61 Å². The van der Waals surface area contributed by atoms with Crippen LogP contribution in [0.5, 0.6) is 0 Å². The van der Waals surface area contributed by atoms with Gasteiger partial charge in [0.25, 0.3) is 5.56 Å². The minimum absolute atomic E-state index is 0.191. The molecule has 1 aliphatic heterocycles. The average Bonchev–Trinajstić information content (AvgIpc) is 2.44. The quantitative estimate of drug-likeness (QED) is 0.658. The molecule has 1 aliphatic rings. The first kappa shape index (κ1) is 11.0. The summed E-state index contributed by atoms with van der Waals surface area (Å²) in [6.45, 7) is 0.954. The molecule has 0 unspecified atom stereocenters. The van der Waals surface area contributed by atoms with E-state index in [0.717, 1.165) is 23.8 Å². The third kappa shape index (κ3) is 1.57. The van der Waals surface area contributed by atoms with Gasteiger partial charge in [0.2, 0.25) is 0 Å². The first-order valence-electron chi connectivity index (χ1n) is 4.73. The van der Waals surface area contributed by atoms with E-state index in [2.05, 4.69) is 0 Å². The van der Waals surface area contributed by atoms with Gasteiger partial charge in [-0.2, -0.15) is 0 Å². The molecule has 6 nitrogen and oxygen atoms in total. The second-order valence-electron chi connectivity index (χ2n) is 3.87. The fourth-order valence-electron chi connectivity index (χ4n) is 1.64. The zero-order valence-electron chi connectivity index (χ0n) is 8.51. The second-order valence-corrected chi connectivity index (χ2v) is 3.87. The molecule has 1 aromatic heterocycles. The number of rotatable bonds is 1. The van der Waals surface area contributed by atoms with Crippen molar-refractivity contribution in [3.05, 3.63) is 33.1 Å². The normalized spacial score (nSPS) is 34.2. The summed E-state index contributed by atoms with van der Waals surface area (Å²) in [5.41, 5.74) is -3.40. The SMILES string of the molecule is C[C@@]1(F)[C@H](O)CO[C@H]1n1ccc(=O)[nH]c1=O. The number of halogens is 1. The van der Waals surface area contributed by atoms with Gasteiger partial charge >= 0.3 is 5.69 Å². The fraction of sp³-hybridized carbons (Fsp3) is 0.556. The Hall–Kier alpha value is -1.47. The highest BCUT2D eigenvalue weighted by atomic mass is 19.1. The molecule has 7 heteroatoms. The topological polar surface area (TPSA) is 84.3 Å². The monoisotopic (exact) mass is 230 g/mol. The molecule has 3 atom stereocenters. The Morgan fingerprint density at radius 1 is 1.69 bits per heavy atom. The lowest BCUT2D eigenvalue weighted by molar-refractivity contribution is -0.0387. The van der Waals surface area contributed by atoms with E-state index in [-0.39, 0.29) is 6.61 Å². The highest BCUT2D eigenvalue weighted by Gasteiger charge is 2.49. The van der Waals surface area contributed by atoms with E-state index in [1.807, 2.05) is 4.98 Å². The van der Waals surface area contributed by atoms with Crippen LogP contribution in [0.2, 0.25) is 0 Å². The summed E-state index contributed by atoms with van der Waals surface area (Å²) in [7, 11) is 0. The molecular formula is C9H11FN2O4. The van der Waals surface area contributed by atoms with Gasteiger partial charge in [0, 0.05) is 12.3 Å². The molecule has 88 valence electrons. The number of aromatic amines is 1. The van der Waals surface area contributed by atoms with Crippen molar-refractivity contribution < 1.29 is 14.2 Å². The van der Waals surface area contributed by atoms with E-state index in [1.54, 1.807) is 0 Å². The lowest BCUT2D eigenvalue weighted by Crippen LogP contribution is -2.42. The van der Waals surface area contributed by atoms with Crippen molar-refractivity contribution >= 4 is 0 Å². The van der Waals surface area contributed by atoms with Crippen LogP contribution in [0, 0.1) is 0 Å². The van der Waals surface area contributed by atoms with Crippen molar-refractivity contribution in [2.24, 2.45) is 0 Å². The number of aromatic nitrogens is 2. The number of nitrogens with zero attached hydrogens (tertiary/aromatic N) is 1. The summed E-state index contributed by atoms with van der Waals surface area (Å²) in [6, 6.07) is 1.09. The number of H-pyrrole nitrogens is 1. The van der Waals surface area contributed by atoms with Crippen LogP contribution in [-0.4, -0.2) is 33.0 Å². The number of ether oxygens (including phenoxy) is 1. The molecule has 0 radical (unpaired) electrons. The van der Waals surface area contributed by atoms with Crippen LogP contribution in [0.25, 0.3) is 0 Å². The minimum Gasteiger partial charge on any atom is -0.387 e. The van der Waals surface area contributed by atoms with Gasteiger partial charge in [-0.1, -0.05) is 0 Å². The van der Waals surface area contributed by atoms with Gasteiger partial charge in [-0.05, 0) is 6.92 Å². The molecule has 16 heavy (non-hydrogen) atoms. The molecule has 0 amide bonds. The summed E-state index contributed by atoms with van der Waals surface area (Å²) >= 11 is 0. The molecule has 0 aromatic carbocycles. The zero-order chi connectivity index (χ0) is 11.9. The van der Waals surface area contributed by atoms with Crippen LogP contribution in [0.15, 0.2) is 21.9 Å². The van der Waals surface area contributed by atoms with Crippen molar-refractivity contribution in [3.8, 4) is 0 Å². The van der Waals surface area contributed by atoms with E-state index in [9.17, 15) is 19.1 Å². The number of aliphatic hydroxyl groups excluding tert-OH is 1. The molecule has 2 rings (SSSR count). The summed E-state index contributed by atoms with van der Waals surface area (Å²) < 4.78 is 19.9. The van der Waals surface area contributed by atoms with Gasteiger partial charge < -0.3 is 9.84 Å². The van der Waals surface area contributed by atoms with E-state index in [4.69, 9.17) is 4.74 Å². The largest absolute Gasteiger partial charge is 0.387 e. The predicted molar refractivity (Wildman–Crippen MR) is 51.8 cm³/mol. The molecule has 0 aliphatic carbocycles. The zero-order valence-corrected chi connectivity index (χ0v) is 8.51. The van der Waals surface area contributed by atoms with Gasteiger partial charge in [-0.3, -0.25) is 14.3 Å². The first-order valence-corrected chi connectivity index (χ1v) is 4.73. The Morgan fingerprint density at radius 3 is 2.88 bits per heavy atom. The molecule has 1 fully saturated rings. The molecule has 2 heterocycles. The smallest absolute Gasteiger partial charge is 0.330 e. The number of hydrogen-bond acceptors (Lipinski definition) is 4. The summed E-state index contributed by atoms with van der Waals surface area (Å²) in [5.74, 6) is 0. The van der Waals surface area contributed by atoms with Crippen molar-refractivity contribution in [1.29, 1.82) is 0 Å². The fourth-order valence-corrected chi connectivity index (χ4v) is 1.64. The maximum Gasteiger partial charge on any atom is 0.330 e. The average molecular weight is 230 g/mol. The number of hydrogen-bond donors (Lipinski definition) is 2. The third-order valence-corrected chi connectivity index (χ3v) is 2.65. The van der Waals surface area contributed by atoms with Crippen LogP contribution in [0.1, 0.15) is 13.2 Å². The summed E-state index contributed by atoms with van der Waals surface area (Å²) in [5, 5.41) is 9.35. The Kier molecular flexibility index (Phi) is 2.43. The Labute approximate surface area is 89.3 Å². The summed E-state index contributed by atoms with van der Waals surface area (Å²) in [4.78, 5) is 24.2. The van der Waals surface area contributed by atoms with Crippen molar-refractivity contribution in [2.45, 2.75) is 24.9 Å². The Balaban J connectivity index is 2.46. The van der Waals surface area contributed by atoms with Crippen LogP contribution in [0.4, 0.5) is 4.39 Å². The number of alkyl halides is 1. The van der Waals surface area contributed by atoms with Crippen molar-refractivity contribution in [3.63, 3.8) is 0 Å². The Bertz CT molecular complexity index is 507. The molecule has 1 saturated heterocycles. The van der Waals surface area contributed by atoms with E-state index >= 15 is 0 Å². The molecule has 0 bridgehead atoms. The van der Waals surface area contributed by atoms with E-state index in [1.165, 1.54) is 0 Å². The lowest BCUT2D eigenvalue weighted by atomic mass is 10.0. The summed E-state index contributed by atoms with van der Waals surface area (Å²) in [6.07, 6.45) is -1.38. The van der Waals surface area contributed by atoms with Crippen LogP contribution in [-0.2, 0) is 4.74 Å². The molecule has 0 saturated carbocycles. The minimum atomic E-state index is -2.07. The van der Waals surface area contributed by atoms with Gasteiger partial charge in [0.05, 0.1) is 6.61 Å². The molecule has 0 spiro atoms. The highest BCUT2D eigenvalue weighted by Crippen LogP contribution is 2.36. The van der Waals surface area contributed by atoms with Gasteiger partial charge in [0.15, 0.2) is 11.9 Å². The predicted octanol–water partition coefficient (Wildman–Crippen LogP) is -0.845. The van der Waals surface area contributed by atoms with Crippen LogP contribution < -0.4 is 11.2 Å². The van der Waals surface area contributed by atoms with Gasteiger partial charge in [-0.15, -0.1) is 0 Å². The van der Waals surface area contributed by atoms with Gasteiger partial charge in [-0.25, -0.2) is 9.18 Å². The third-order valence-electron chi connectivity index (χ3n) is 2.65. The second kappa shape index (κ2) is 3.53. The maximum atomic E-state index is 14.0. The maximum absolute atomic E-state index is 14.0. The van der Waals surface area contributed by atoms with Crippen LogP contribution >= 0.6 is 0 Å². The number of aliphatic hydroxyl groups is 1. The Morgan fingerprint density at radius 2 is 2.38 bits per heavy atom. The first-order chi connectivity index (χ1) is 7.43. The lowest BCUT2D eigenvalue weighted by Gasteiger charge is -2.24.